The van der Waals surface area contributed by atoms with E-state index in [4.69, 9.17) is 16.3 Å². The Morgan fingerprint density at radius 2 is 1.63 bits per heavy atom. The van der Waals surface area contributed by atoms with E-state index in [2.05, 4.69) is 19.2 Å². The zero-order chi connectivity index (χ0) is 22.3. The monoisotopic (exact) mass is 430 g/mol. The Morgan fingerprint density at radius 3 is 2.23 bits per heavy atom. The molecule has 0 aromatic heterocycles. The molecule has 162 valence electrons. The maximum atomic E-state index is 13.1. The van der Waals surface area contributed by atoms with Crippen molar-refractivity contribution in [3.63, 3.8) is 0 Å². The molecule has 2 aromatic rings. The third kappa shape index (κ3) is 6.77. The SMILES string of the molecule is CC(C)NC(=O)[C@H](C)N(Cc1ccc(Cl)cc1)C(=O)COc1ccccc1C(C)C. The molecule has 0 heterocycles. The predicted octanol–water partition coefficient (Wildman–Crippen LogP) is 4.78. The molecule has 0 aliphatic heterocycles. The van der Waals surface area contributed by atoms with Crippen LogP contribution in [0.2, 0.25) is 5.02 Å². The second-order valence-electron chi connectivity index (χ2n) is 7.97. The van der Waals surface area contributed by atoms with E-state index in [1.807, 2.05) is 50.2 Å². The quantitative estimate of drug-likeness (QED) is 0.622. The van der Waals surface area contributed by atoms with Crippen molar-refractivity contribution in [3.8, 4) is 5.75 Å². The van der Waals surface area contributed by atoms with Gasteiger partial charge in [0.25, 0.3) is 5.91 Å². The van der Waals surface area contributed by atoms with Crippen LogP contribution in [0.25, 0.3) is 0 Å². The molecule has 0 saturated heterocycles. The lowest BCUT2D eigenvalue weighted by Crippen LogP contribution is -2.50. The van der Waals surface area contributed by atoms with Crippen LogP contribution in [-0.4, -0.2) is 35.4 Å². The van der Waals surface area contributed by atoms with Gasteiger partial charge in [-0.1, -0.05) is 55.8 Å². The summed E-state index contributed by atoms with van der Waals surface area (Å²) in [5.74, 6) is 0.508. The lowest BCUT2D eigenvalue weighted by molar-refractivity contribution is -0.142. The summed E-state index contributed by atoms with van der Waals surface area (Å²) in [6, 6.07) is 14.3. The number of ether oxygens (including phenoxy) is 1. The number of hydrogen-bond donors (Lipinski definition) is 1. The minimum absolute atomic E-state index is 0.0124. The van der Waals surface area contributed by atoms with Crippen molar-refractivity contribution in [2.45, 2.75) is 59.2 Å². The molecule has 2 aromatic carbocycles. The van der Waals surface area contributed by atoms with Gasteiger partial charge in [-0.05, 0) is 56.0 Å². The van der Waals surface area contributed by atoms with E-state index in [0.29, 0.717) is 10.8 Å². The molecule has 5 nitrogen and oxygen atoms in total. The van der Waals surface area contributed by atoms with Gasteiger partial charge in [0.2, 0.25) is 5.91 Å². The fourth-order valence-corrected chi connectivity index (χ4v) is 3.21. The normalized spacial score (nSPS) is 12.0. The number of amides is 2. The lowest BCUT2D eigenvalue weighted by Gasteiger charge is -2.29. The number of nitrogens with one attached hydrogen (secondary N) is 1. The maximum Gasteiger partial charge on any atom is 0.261 e. The van der Waals surface area contributed by atoms with Crippen molar-refractivity contribution in [2.75, 3.05) is 6.61 Å². The molecule has 6 heteroatoms. The summed E-state index contributed by atoms with van der Waals surface area (Å²) in [4.78, 5) is 27.2. The van der Waals surface area contributed by atoms with Crippen LogP contribution < -0.4 is 10.1 Å². The third-order valence-electron chi connectivity index (χ3n) is 4.76. The van der Waals surface area contributed by atoms with Crippen LogP contribution in [0, 0.1) is 0 Å². The van der Waals surface area contributed by atoms with Crippen LogP contribution in [0.4, 0.5) is 0 Å². The average molecular weight is 431 g/mol. The van der Waals surface area contributed by atoms with Crippen molar-refractivity contribution in [1.29, 1.82) is 0 Å². The van der Waals surface area contributed by atoms with E-state index in [-0.39, 0.29) is 36.9 Å². The summed E-state index contributed by atoms with van der Waals surface area (Å²) in [7, 11) is 0. The standard InChI is InChI=1S/C24H31ClN2O3/c1-16(2)21-8-6-7-9-22(21)30-15-23(28)27(18(5)24(29)26-17(3)4)14-19-10-12-20(25)13-11-19/h6-13,16-18H,14-15H2,1-5H3,(H,26,29)/t18-/m0/s1. The molecule has 0 spiro atoms. The first-order valence-corrected chi connectivity index (χ1v) is 10.6. The zero-order valence-corrected chi connectivity index (χ0v) is 19.1. The summed E-state index contributed by atoms with van der Waals surface area (Å²) in [6.07, 6.45) is 0. The Hall–Kier alpha value is -2.53. The van der Waals surface area contributed by atoms with E-state index >= 15 is 0 Å². The highest BCUT2D eigenvalue weighted by Gasteiger charge is 2.27. The summed E-state index contributed by atoms with van der Waals surface area (Å²) >= 11 is 5.97. The van der Waals surface area contributed by atoms with Crippen LogP contribution in [0.15, 0.2) is 48.5 Å². The number of nitrogens with zero attached hydrogens (tertiary/aromatic N) is 1. The number of para-hydroxylation sites is 1. The van der Waals surface area contributed by atoms with Crippen LogP contribution in [0.3, 0.4) is 0 Å². The first-order valence-electron chi connectivity index (χ1n) is 10.2. The highest BCUT2D eigenvalue weighted by molar-refractivity contribution is 6.30. The third-order valence-corrected chi connectivity index (χ3v) is 5.01. The van der Waals surface area contributed by atoms with Crippen LogP contribution in [-0.2, 0) is 16.1 Å². The topological polar surface area (TPSA) is 58.6 Å². The summed E-state index contributed by atoms with van der Waals surface area (Å²) in [6.45, 7) is 9.82. The largest absolute Gasteiger partial charge is 0.483 e. The molecule has 1 atom stereocenters. The van der Waals surface area contributed by atoms with E-state index < -0.39 is 6.04 Å². The van der Waals surface area contributed by atoms with Crippen LogP contribution >= 0.6 is 11.6 Å². The van der Waals surface area contributed by atoms with Gasteiger partial charge in [0.15, 0.2) is 6.61 Å². The molecule has 0 radical (unpaired) electrons. The number of carbonyl (C=O) groups is 2. The summed E-state index contributed by atoms with van der Waals surface area (Å²) < 4.78 is 5.87. The molecular formula is C24H31ClN2O3. The number of halogens is 1. The fraction of sp³-hybridized carbons (Fsp3) is 0.417. The second kappa shape index (κ2) is 11.0. The number of benzene rings is 2. The Balaban J connectivity index is 2.19. The smallest absolute Gasteiger partial charge is 0.261 e. The highest BCUT2D eigenvalue weighted by atomic mass is 35.5. The van der Waals surface area contributed by atoms with Gasteiger partial charge in [-0.25, -0.2) is 0 Å². The second-order valence-corrected chi connectivity index (χ2v) is 8.41. The van der Waals surface area contributed by atoms with Crippen molar-refractivity contribution >= 4 is 23.4 Å². The van der Waals surface area contributed by atoms with Crippen molar-refractivity contribution < 1.29 is 14.3 Å². The van der Waals surface area contributed by atoms with Gasteiger partial charge in [0.05, 0.1) is 0 Å². The Labute approximate surface area is 184 Å². The summed E-state index contributed by atoms with van der Waals surface area (Å²) in [5.41, 5.74) is 1.93. The van der Waals surface area contributed by atoms with Gasteiger partial charge in [-0.2, -0.15) is 0 Å². The van der Waals surface area contributed by atoms with Crippen LogP contribution in [0.5, 0.6) is 5.75 Å². The molecule has 0 saturated carbocycles. The minimum atomic E-state index is -0.639. The molecular weight excluding hydrogens is 400 g/mol. The highest BCUT2D eigenvalue weighted by Crippen LogP contribution is 2.26. The number of hydrogen-bond acceptors (Lipinski definition) is 3. The van der Waals surface area contributed by atoms with Gasteiger partial charge < -0.3 is 15.0 Å². The Morgan fingerprint density at radius 1 is 1.00 bits per heavy atom. The van der Waals surface area contributed by atoms with Gasteiger partial charge >= 0.3 is 0 Å². The van der Waals surface area contributed by atoms with Crippen LogP contribution in [0.1, 0.15) is 51.7 Å². The van der Waals surface area contributed by atoms with E-state index in [1.165, 1.54) is 0 Å². The molecule has 1 N–H and O–H groups in total. The van der Waals surface area contributed by atoms with Crippen molar-refractivity contribution in [1.82, 2.24) is 10.2 Å². The fourth-order valence-electron chi connectivity index (χ4n) is 3.09. The van der Waals surface area contributed by atoms with Crippen molar-refractivity contribution in [2.24, 2.45) is 0 Å². The summed E-state index contributed by atoms with van der Waals surface area (Å²) in [5, 5.41) is 3.50. The first kappa shape index (κ1) is 23.7. The number of carbonyl (C=O) groups excluding carboxylic acids is 2. The molecule has 30 heavy (non-hydrogen) atoms. The van der Waals surface area contributed by atoms with Crippen molar-refractivity contribution in [3.05, 3.63) is 64.7 Å². The van der Waals surface area contributed by atoms with E-state index in [0.717, 1.165) is 11.1 Å². The molecule has 0 aliphatic rings. The lowest BCUT2D eigenvalue weighted by atomic mass is 10.0. The molecule has 2 rings (SSSR count). The van der Waals surface area contributed by atoms with Gasteiger partial charge in [-0.15, -0.1) is 0 Å². The minimum Gasteiger partial charge on any atom is -0.483 e. The Kier molecular flexibility index (Phi) is 8.72. The van der Waals surface area contributed by atoms with Gasteiger partial charge in [0, 0.05) is 17.6 Å². The van der Waals surface area contributed by atoms with E-state index in [1.54, 1.807) is 24.0 Å². The molecule has 2 amide bonds. The first-order chi connectivity index (χ1) is 14.2. The maximum absolute atomic E-state index is 13.1. The molecule has 0 unspecified atom stereocenters. The van der Waals surface area contributed by atoms with Gasteiger partial charge in [0.1, 0.15) is 11.8 Å². The molecule has 0 aliphatic carbocycles. The molecule has 0 fully saturated rings. The predicted molar refractivity (Wildman–Crippen MR) is 121 cm³/mol. The number of rotatable bonds is 9. The van der Waals surface area contributed by atoms with Gasteiger partial charge in [-0.3, -0.25) is 9.59 Å². The van der Waals surface area contributed by atoms with E-state index in [9.17, 15) is 9.59 Å². The average Bonchev–Trinajstić information content (AvgIpc) is 2.70. The zero-order valence-electron chi connectivity index (χ0n) is 18.3. The Bertz CT molecular complexity index is 850. The molecule has 0 bridgehead atoms.